The quantitative estimate of drug-likeness (QED) is 0.813. The third-order valence-electron chi connectivity index (χ3n) is 1.78. The van der Waals surface area contributed by atoms with Crippen LogP contribution in [-0.4, -0.2) is 16.5 Å². The molecule has 1 heterocycles. The molecule has 5 heteroatoms. The lowest BCUT2D eigenvalue weighted by Gasteiger charge is -2.00. The molecule has 1 N–H and O–H groups in total. The molecule has 0 aliphatic heterocycles. The van der Waals surface area contributed by atoms with Gasteiger partial charge in [0.05, 0.1) is 7.11 Å². The Bertz CT molecular complexity index is 489. The van der Waals surface area contributed by atoms with Gasteiger partial charge >= 0.3 is 4.87 Å². The van der Waals surface area contributed by atoms with Crippen molar-refractivity contribution in [2.45, 2.75) is 0 Å². The highest BCUT2D eigenvalue weighted by Crippen LogP contribution is 2.19. The standard InChI is InChI=1S/C9H8N2O2S/c1-13-7-4-2-3-6(5-7)8-10-9(12)14-11-8/h2-5H,1H3,(H,10,11,12). The molecule has 4 nitrogen and oxygen atoms in total. The molecule has 0 atom stereocenters. The maximum atomic E-state index is 10.9. The Labute approximate surface area is 84.3 Å². The second-order valence-corrected chi connectivity index (χ2v) is 3.41. The molecule has 0 saturated carbocycles. The molecule has 2 rings (SSSR count). The van der Waals surface area contributed by atoms with E-state index in [0.717, 1.165) is 22.8 Å². The molecule has 1 aromatic carbocycles. The van der Waals surface area contributed by atoms with Crippen LogP contribution in [0.25, 0.3) is 11.4 Å². The highest BCUT2D eigenvalue weighted by atomic mass is 32.1. The first-order valence-corrected chi connectivity index (χ1v) is 4.77. The largest absolute Gasteiger partial charge is 0.497 e. The van der Waals surface area contributed by atoms with Crippen molar-refractivity contribution in [3.63, 3.8) is 0 Å². The number of hydrogen-bond donors (Lipinski definition) is 1. The Morgan fingerprint density at radius 2 is 2.36 bits per heavy atom. The van der Waals surface area contributed by atoms with Gasteiger partial charge in [-0.05, 0) is 12.1 Å². The average Bonchev–Trinajstić information content (AvgIpc) is 2.65. The van der Waals surface area contributed by atoms with E-state index in [1.165, 1.54) is 0 Å². The molecule has 0 bridgehead atoms. The van der Waals surface area contributed by atoms with Crippen molar-refractivity contribution < 1.29 is 4.74 Å². The molecule has 0 unspecified atom stereocenters. The van der Waals surface area contributed by atoms with Crippen LogP contribution >= 0.6 is 11.5 Å². The number of aromatic amines is 1. The highest BCUT2D eigenvalue weighted by Gasteiger charge is 2.03. The Morgan fingerprint density at radius 1 is 1.50 bits per heavy atom. The predicted octanol–water partition coefficient (Wildman–Crippen LogP) is 1.51. The molecule has 72 valence electrons. The van der Waals surface area contributed by atoms with E-state index < -0.39 is 0 Å². The number of nitrogens with zero attached hydrogens (tertiary/aromatic N) is 1. The normalized spacial score (nSPS) is 10.1. The van der Waals surface area contributed by atoms with Crippen molar-refractivity contribution in [2.75, 3.05) is 7.11 Å². The van der Waals surface area contributed by atoms with Crippen molar-refractivity contribution in [2.24, 2.45) is 0 Å². The van der Waals surface area contributed by atoms with Gasteiger partial charge in [0.15, 0.2) is 5.82 Å². The second-order valence-electron chi connectivity index (χ2n) is 2.68. The maximum absolute atomic E-state index is 10.9. The monoisotopic (exact) mass is 208 g/mol. The van der Waals surface area contributed by atoms with E-state index in [0.29, 0.717) is 5.82 Å². The molecule has 0 aliphatic carbocycles. The van der Waals surface area contributed by atoms with Crippen LogP contribution in [0.2, 0.25) is 0 Å². The van der Waals surface area contributed by atoms with Crippen LogP contribution in [0.3, 0.4) is 0 Å². The zero-order valence-corrected chi connectivity index (χ0v) is 8.30. The van der Waals surface area contributed by atoms with Crippen LogP contribution in [0.15, 0.2) is 29.1 Å². The Hall–Kier alpha value is -1.62. The van der Waals surface area contributed by atoms with E-state index >= 15 is 0 Å². The fraction of sp³-hybridized carbons (Fsp3) is 0.111. The number of ether oxygens (including phenoxy) is 1. The van der Waals surface area contributed by atoms with E-state index in [4.69, 9.17) is 4.74 Å². The van der Waals surface area contributed by atoms with Crippen molar-refractivity contribution in [3.05, 3.63) is 33.9 Å². The fourth-order valence-electron chi connectivity index (χ4n) is 1.12. The molecule has 2 aromatic rings. The van der Waals surface area contributed by atoms with Crippen molar-refractivity contribution >= 4 is 11.5 Å². The summed E-state index contributed by atoms with van der Waals surface area (Å²) in [6.45, 7) is 0. The second kappa shape index (κ2) is 3.63. The summed E-state index contributed by atoms with van der Waals surface area (Å²) in [6, 6.07) is 7.39. The summed E-state index contributed by atoms with van der Waals surface area (Å²) >= 11 is 0.911. The number of benzene rings is 1. The molecule has 0 aliphatic rings. The number of hydrogen-bond acceptors (Lipinski definition) is 4. The van der Waals surface area contributed by atoms with Gasteiger partial charge in [0.2, 0.25) is 0 Å². The highest BCUT2D eigenvalue weighted by molar-refractivity contribution is 7.03. The third kappa shape index (κ3) is 1.67. The zero-order valence-electron chi connectivity index (χ0n) is 7.48. The summed E-state index contributed by atoms with van der Waals surface area (Å²) in [5.41, 5.74) is 0.850. The summed E-state index contributed by atoms with van der Waals surface area (Å²) in [5, 5.41) is 0. The van der Waals surface area contributed by atoms with Crippen molar-refractivity contribution in [1.29, 1.82) is 0 Å². The first kappa shape index (κ1) is 8.96. The van der Waals surface area contributed by atoms with E-state index in [1.54, 1.807) is 7.11 Å². The molecule has 0 saturated heterocycles. The van der Waals surface area contributed by atoms with Crippen LogP contribution in [0, 0.1) is 0 Å². The maximum Gasteiger partial charge on any atom is 0.323 e. The van der Waals surface area contributed by atoms with Gasteiger partial charge in [-0.2, -0.15) is 4.37 Å². The van der Waals surface area contributed by atoms with Crippen molar-refractivity contribution in [3.8, 4) is 17.1 Å². The van der Waals surface area contributed by atoms with Crippen LogP contribution < -0.4 is 9.61 Å². The summed E-state index contributed by atoms with van der Waals surface area (Å²) in [4.78, 5) is 13.4. The van der Waals surface area contributed by atoms with Crippen LogP contribution in [0.4, 0.5) is 0 Å². The fourth-order valence-corrected chi connectivity index (χ4v) is 1.59. The van der Waals surface area contributed by atoms with Gasteiger partial charge in [0.1, 0.15) is 5.75 Å². The van der Waals surface area contributed by atoms with Crippen LogP contribution in [0.5, 0.6) is 5.75 Å². The van der Waals surface area contributed by atoms with Gasteiger partial charge in [-0.3, -0.25) is 9.78 Å². The average molecular weight is 208 g/mol. The number of methoxy groups -OCH3 is 1. The lowest BCUT2D eigenvalue weighted by Crippen LogP contribution is -1.92. The van der Waals surface area contributed by atoms with Gasteiger partial charge < -0.3 is 4.74 Å². The minimum absolute atomic E-state index is 0.150. The molecule has 0 radical (unpaired) electrons. The Morgan fingerprint density at radius 3 is 3.00 bits per heavy atom. The summed E-state index contributed by atoms with van der Waals surface area (Å²) < 4.78 is 9.05. The van der Waals surface area contributed by atoms with Crippen LogP contribution in [0.1, 0.15) is 0 Å². The molecule has 0 spiro atoms. The lowest BCUT2D eigenvalue weighted by molar-refractivity contribution is 0.415. The lowest BCUT2D eigenvalue weighted by atomic mass is 10.2. The van der Waals surface area contributed by atoms with E-state index in [1.807, 2.05) is 24.3 Å². The van der Waals surface area contributed by atoms with Gasteiger partial charge in [-0.1, -0.05) is 12.1 Å². The van der Waals surface area contributed by atoms with Crippen LogP contribution in [-0.2, 0) is 0 Å². The molecule has 14 heavy (non-hydrogen) atoms. The minimum atomic E-state index is -0.150. The first-order chi connectivity index (χ1) is 6.79. The summed E-state index contributed by atoms with van der Waals surface area (Å²) in [5.74, 6) is 1.33. The topological polar surface area (TPSA) is 55.0 Å². The van der Waals surface area contributed by atoms with Gasteiger partial charge in [0, 0.05) is 17.1 Å². The number of aromatic nitrogens is 2. The Kier molecular flexibility index (Phi) is 2.32. The smallest absolute Gasteiger partial charge is 0.323 e. The number of H-pyrrole nitrogens is 1. The van der Waals surface area contributed by atoms with Gasteiger partial charge in [0.25, 0.3) is 0 Å². The zero-order chi connectivity index (χ0) is 9.97. The van der Waals surface area contributed by atoms with E-state index in [9.17, 15) is 4.79 Å². The third-order valence-corrected chi connectivity index (χ3v) is 2.33. The van der Waals surface area contributed by atoms with Gasteiger partial charge in [-0.15, -0.1) is 0 Å². The summed E-state index contributed by atoms with van der Waals surface area (Å²) in [6.07, 6.45) is 0. The molecule has 1 aromatic heterocycles. The first-order valence-electron chi connectivity index (χ1n) is 4.00. The molecule has 0 amide bonds. The van der Waals surface area contributed by atoms with E-state index in [2.05, 4.69) is 9.36 Å². The molecular formula is C9H8N2O2S. The predicted molar refractivity (Wildman–Crippen MR) is 54.7 cm³/mol. The van der Waals surface area contributed by atoms with Gasteiger partial charge in [-0.25, -0.2) is 0 Å². The Balaban J connectivity index is 2.46. The minimum Gasteiger partial charge on any atom is -0.497 e. The van der Waals surface area contributed by atoms with E-state index in [-0.39, 0.29) is 4.87 Å². The number of rotatable bonds is 2. The molecule has 0 fully saturated rings. The summed E-state index contributed by atoms with van der Waals surface area (Å²) in [7, 11) is 1.60. The number of nitrogens with one attached hydrogen (secondary N) is 1. The SMILES string of the molecule is COc1cccc(-c2nsc(=O)[nH]2)c1. The molecular weight excluding hydrogens is 200 g/mol. The van der Waals surface area contributed by atoms with Crippen molar-refractivity contribution in [1.82, 2.24) is 9.36 Å².